The van der Waals surface area contributed by atoms with Crippen LogP contribution in [0.4, 0.5) is 0 Å². The van der Waals surface area contributed by atoms with Gasteiger partial charge < -0.3 is 5.73 Å². The van der Waals surface area contributed by atoms with Crippen molar-refractivity contribution in [3.63, 3.8) is 0 Å². The zero-order valence-electron chi connectivity index (χ0n) is 13.3. The van der Waals surface area contributed by atoms with Gasteiger partial charge in [0.2, 0.25) is 0 Å². The second kappa shape index (κ2) is 5.31. The molecule has 2 aromatic rings. The van der Waals surface area contributed by atoms with Crippen molar-refractivity contribution in [1.29, 1.82) is 0 Å². The first-order valence-electron chi connectivity index (χ1n) is 7.89. The molecular formula is C18H17ClN4O. The molecule has 24 heavy (non-hydrogen) atoms. The highest BCUT2D eigenvalue weighted by atomic mass is 35.5. The van der Waals surface area contributed by atoms with Gasteiger partial charge in [0.25, 0.3) is 5.91 Å². The molecule has 1 aromatic heterocycles. The predicted octanol–water partition coefficient (Wildman–Crippen LogP) is 2.72. The number of halogens is 1. The quantitative estimate of drug-likeness (QED) is 0.867. The van der Waals surface area contributed by atoms with Crippen LogP contribution in [0.3, 0.4) is 0 Å². The van der Waals surface area contributed by atoms with E-state index in [-0.39, 0.29) is 11.9 Å². The number of rotatable bonds is 1. The Morgan fingerprint density at radius 1 is 1.25 bits per heavy atom. The highest BCUT2D eigenvalue weighted by Gasteiger charge is 2.50. The molecule has 0 bridgehead atoms. The first-order chi connectivity index (χ1) is 11.5. The molecule has 1 aliphatic carbocycles. The molecule has 1 unspecified atom stereocenters. The van der Waals surface area contributed by atoms with E-state index >= 15 is 0 Å². The van der Waals surface area contributed by atoms with E-state index in [9.17, 15) is 4.79 Å². The van der Waals surface area contributed by atoms with Crippen LogP contribution in [-0.2, 0) is 16.8 Å². The number of hydrogen-bond donors (Lipinski definition) is 1. The Morgan fingerprint density at radius 2 is 2.08 bits per heavy atom. The summed E-state index contributed by atoms with van der Waals surface area (Å²) in [6, 6.07) is 8.02. The van der Waals surface area contributed by atoms with Gasteiger partial charge in [-0.3, -0.25) is 14.7 Å². The van der Waals surface area contributed by atoms with Crippen LogP contribution in [0, 0.1) is 0 Å². The minimum Gasteiger partial charge on any atom is -0.369 e. The van der Waals surface area contributed by atoms with E-state index in [1.54, 1.807) is 19.4 Å². The van der Waals surface area contributed by atoms with Crippen molar-refractivity contribution in [2.75, 3.05) is 7.05 Å². The molecule has 1 amide bonds. The number of guanidine groups is 1. The van der Waals surface area contributed by atoms with E-state index < -0.39 is 5.54 Å². The summed E-state index contributed by atoms with van der Waals surface area (Å²) in [5, 5.41) is 0.582. The van der Waals surface area contributed by atoms with Gasteiger partial charge >= 0.3 is 0 Å². The lowest BCUT2D eigenvalue weighted by Crippen LogP contribution is -2.42. The Hall–Kier alpha value is -2.40. The number of nitrogens with zero attached hydrogens (tertiary/aromatic N) is 3. The fraction of sp³-hybridized carbons (Fsp3) is 0.278. The average Bonchev–Trinajstić information content (AvgIpc) is 2.80. The number of nitrogens with two attached hydrogens (primary N) is 1. The molecule has 122 valence electrons. The Balaban J connectivity index is 1.89. The van der Waals surface area contributed by atoms with Gasteiger partial charge in [-0.2, -0.15) is 0 Å². The smallest absolute Gasteiger partial charge is 0.261 e. The zero-order chi connectivity index (χ0) is 16.9. The summed E-state index contributed by atoms with van der Waals surface area (Å²) in [6.45, 7) is 0. The maximum absolute atomic E-state index is 12.9. The second-order valence-corrected chi connectivity index (χ2v) is 6.75. The lowest BCUT2D eigenvalue weighted by molar-refractivity contribution is -0.131. The number of likely N-dealkylation sites (N-methyl/N-ethyl adjacent to an activating group) is 1. The Morgan fingerprint density at radius 3 is 2.79 bits per heavy atom. The van der Waals surface area contributed by atoms with Crippen LogP contribution < -0.4 is 5.73 Å². The number of hydrogen-bond acceptors (Lipinski definition) is 4. The Kier molecular flexibility index (Phi) is 3.35. The van der Waals surface area contributed by atoms with Gasteiger partial charge in [0, 0.05) is 25.0 Å². The summed E-state index contributed by atoms with van der Waals surface area (Å²) in [4.78, 5) is 23.0. The van der Waals surface area contributed by atoms with Gasteiger partial charge in [-0.25, -0.2) is 4.99 Å². The summed E-state index contributed by atoms with van der Waals surface area (Å²) in [5.41, 5.74) is 9.04. The summed E-state index contributed by atoms with van der Waals surface area (Å²) in [6.07, 6.45) is 5.91. The van der Waals surface area contributed by atoms with Crippen molar-refractivity contribution >= 4 is 23.5 Å². The molecule has 1 atom stereocenters. The third-order valence-electron chi connectivity index (χ3n) is 4.89. The van der Waals surface area contributed by atoms with Crippen LogP contribution >= 0.6 is 11.6 Å². The molecule has 2 heterocycles. The minimum atomic E-state index is -0.881. The average molecular weight is 341 g/mol. The van der Waals surface area contributed by atoms with Crippen LogP contribution in [0.2, 0.25) is 5.02 Å². The summed E-state index contributed by atoms with van der Waals surface area (Å²) in [7, 11) is 1.68. The molecule has 1 spiro atoms. The van der Waals surface area contributed by atoms with E-state index in [0.717, 1.165) is 35.1 Å². The third-order valence-corrected chi connectivity index (χ3v) is 5.09. The molecule has 2 N–H and O–H groups in total. The van der Waals surface area contributed by atoms with Gasteiger partial charge in [-0.05, 0) is 48.1 Å². The fourth-order valence-electron chi connectivity index (χ4n) is 3.64. The number of carbonyl (C=O) groups is 1. The lowest BCUT2D eigenvalue weighted by atomic mass is 9.75. The van der Waals surface area contributed by atoms with Gasteiger partial charge in [0.15, 0.2) is 11.5 Å². The molecule has 6 heteroatoms. The molecule has 2 aliphatic rings. The van der Waals surface area contributed by atoms with E-state index in [1.165, 1.54) is 4.90 Å². The van der Waals surface area contributed by atoms with Crippen molar-refractivity contribution in [1.82, 2.24) is 9.88 Å². The summed E-state index contributed by atoms with van der Waals surface area (Å²) < 4.78 is 0. The van der Waals surface area contributed by atoms with Crippen molar-refractivity contribution in [3.05, 3.63) is 52.8 Å². The largest absolute Gasteiger partial charge is 0.369 e. The Labute approximate surface area is 145 Å². The number of carbonyl (C=O) groups excluding carboxylic acids is 1. The minimum absolute atomic E-state index is 0.0534. The van der Waals surface area contributed by atoms with Crippen molar-refractivity contribution in [3.8, 4) is 11.1 Å². The molecule has 0 saturated carbocycles. The van der Waals surface area contributed by atoms with E-state index in [0.29, 0.717) is 11.4 Å². The van der Waals surface area contributed by atoms with E-state index in [4.69, 9.17) is 17.3 Å². The third kappa shape index (κ3) is 2.12. The molecular weight excluding hydrogens is 324 g/mol. The number of benzene rings is 1. The zero-order valence-corrected chi connectivity index (χ0v) is 14.0. The monoisotopic (exact) mass is 340 g/mol. The maximum atomic E-state index is 12.9. The number of aromatic nitrogens is 1. The summed E-state index contributed by atoms with van der Waals surface area (Å²) >= 11 is 6.06. The standard InChI is InChI=1S/C18H17ClN4O/c1-23-16(24)18(22-17(23)20)6-2-3-11-4-5-12(8-15(11)18)13-7-14(19)10-21-9-13/h4-5,7-10H,2-3,6H2,1H3,(H2,20,22). The molecule has 5 nitrogen and oxygen atoms in total. The molecule has 0 radical (unpaired) electrons. The molecule has 0 fully saturated rings. The highest BCUT2D eigenvalue weighted by Crippen LogP contribution is 2.44. The lowest BCUT2D eigenvalue weighted by Gasteiger charge is -2.32. The molecule has 4 rings (SSSR count). The van der Waals surface area contributed by atoms with E-state index in [1.807, 2.05) is 18.2 Å². The van der Waals surface area contributed by atoms with Crippen LogP contribution in [0.25, 0.3) is 11.1 Å². The van der Waals surface area contributed by atoms with Gasteiger partial charge in [-0.1, -0.05) is 23.7 Å². The van der Waals surface area contributed by atoms with Crippen molar-refractivity contribution in [2.24, 2.45) is 10.7 Å². The van der Waals surface area contributed by atoms with Gasteiger partial charge in [0.05, 0.1) is 5.02 Å². The SMILES string of the molecule is CN1C(=O)C2(CCCc3ccc(-c4cncc(Cl)c4)cc32)N=C1N. The number of pyridine rings is 1. The summed E-state index contributed by atoms with van der Waals surface area (Å²) in [5.74, 6) is 0.227. The normalized spacial score (nSPS) is 22.7. The van der Waals surface area contributed by atoms with Gasteiger partial charge in [-0.15, -0.1) is 0 Å². The van der Waals surface area contributed by atoms with Crippen LogP contribution in [0.5, 0.6) is 0 Å². The van der Waals surface area contributed by atoms with Crippen LogP contribution in [-0.4, -0.2) is 28.8 Å². The first-order valence-corrected chi connectivity index (χ1v) is 8.27. The predicted molar refractivity (Wildman–Crippen MR) is 93.7 cm³/mol. The fourth-order valence-corrected chi connectivity index (χ4v) is 3.81. The number of fused-ring (bicyclic) bond motifs is 2. The number of aryl methyl sites for hydroxylation is 1. The van der Waals surface area contributed by atoms with Crippen molar-refractivity contribution < 1.29 is 4.79 Å². The van der Waals surface area contributed by atoms with Crippen LogP contribution in [0.1, 0.15) is 24.0 Å². The van der Waals surface area contributed by atoms with Crippen LogP contribution in [0.15, 0.2) is 41.7 Å². The van der Waals surface area contributed by atoms with Gasteiger partial charge in [0.1, 0.15) is 0 Å². The topological polar surface area (TPSA) is 71.6 Å². The molecule has 1 aromatic carbocycles. The van der Waals surface area contributed by atoms with Crippen molar-refractivity contribution in [2.45, 2.75) is 24.8 Å². The van der Waals surface area contributed by atoms with E-state index in [2.05, 4.69) is 16.0 Å². The Bertz CT molecular complexity index is 879. The number of aliphatic imine (C=N–C) groups is 1. The second-order valence-electron chi connectivity index (χ2n) is 6.31. The molecule has 1 aliphatic heterocycles. The maximum Gasteiger partial charge on any atom is 0.261 e. The first kappa shape index (κ1) is 15.1. The number of amides is 1. The highest BCUT2D eigenvalue weighted by molar-refractivity contribution is 6.30. The molecule has 0 saturated heterocycles.